The van der Waals surface area contributed by atoms with E-state index in [-0.39, 0.29) is 23.1 Å². The number of aromatic amines is 1. The Morgan fingerprint density at radius 2 is 2.05 bits per heavy atom. The molecule has 1 amide bonds. The van der Waals surface area contributed by atoms with Crippen LogP contribution in [0.1, 0.15) is 52.8 Å². The lowest BCUT2D eigenvalue weighted by atomic mass is 9.61. The number of nitriles is 1. The molecule has 11 heteroatoms. The number of ether oxygens (including phenoxy) is 2. The summed E-state index contributed by atoms with van der Waals surface area (Å²) in [7, 11) is 0. The van der Waals surface area contributed by atoms with Crippen LogP contribution < -0.4 is 19.7 Å². The van der Waals surface area contributed by atoms with Gasteiger partial charge < -0.3 is 19.7 Å². The molecule has 2 N–H and O–H groups in total. The average molecular weight is 582 g/mol. The molecule has 1 saturated carbocycles. The van der Waals surface area contributed by atoms with Crippen molar-refractivity contribution in [2.45, 2.75) is 46.3 Å². The number of amides is 1. The van der Waals surface area contributed by atoms with Crippen LogP contribution in [0.25, 0.3) is 11.3 Å². The van der Waals surface area contributed by atoms with Crippen LogP contribution in [-0.4, -0.2) is 51.9 Å². The molecule has 220 valence electrons. The van der Waals surface area contributed by atoms with Crippen molar-refractivity contribution < 1.29 is 18.7 Å². The van der Waals surface area contributed by atoms with Gasteiger partial charge in [-0.25, -0.2) is 14.4 Å². The van der Waals surface area contributed by atoms with Gasteiger partial charge in [0.05, 0.1) is 34.8 Å². The van der Waals surface area contributed by atoms with Crippen molar-refractivity contribution in [3.8, 4) is 29.0 Å². The van der Waals surface area contributed by atoms with Crippen LogP contribution in [0.4, 0.5) is 10.1 Å². The second-order valence-electron chi connectivity index (χ2n) is 11.2. The number of nitrogens with zero attached hydrogens (tertiary/aromatic N) is 5. The van der Waals surface area contributed by atoms with Crippen molar-refractivity contribution in [1.82, 2.24) is 25.5 Å². The molecule has 0 unspecified atom stereocenters. The van der Waals surface area contributed by atoms with E-state index in [0.29, 0.717) is 41.6 Å². The fraction of sp³-hybridized carbons (Fsp3) is 0.344. The summed E-state index contributed by atoms with van der Waals surface area (Å²) >= 11 is 0. The molecule has 10 nitrogen and oxygen atoms in total. The third-order valence-electron chi connectivity index (χ3n) is 8.20. The van der Waals surface area contributed by atoms with Crippen LogP contribution in [0, 0.1) is 36.4 Å². The second kappa shape index (κ2) is 11.4. The summed E-state index contributed by atoms with van der Waals surface area (Å²) in [5.74, 6) is 0.0751. The Kier molecular flexibility index (Phi) is 7.44. The molecule has 2 fully saturated rings. The minimum Gasteiger partial charge on any atom is -0.488 e. The van der Waals surface area contributed by atoms with Crippen LogP contribution in [0.15, 0.2) is 48.7 Å². The Hall–Kier alpha value is -4.98. The molecule has 2 aliphatic rings. The summed E-state index contributed by atoms with van der Waals surface area (Å²) in [6, 6.07) is 13.7. The second-order valence-corrected chi connectivity index (χ2v) is 11.2. The van der Waals surface area contributed by atoms with E-state index in [0.717, 1.165) is 48.6 Å². The molecular formula is C32H32FN7O3. The molecule has 1 saturated heterocycles. The van der Waals surface area contributed by atoms with E-state index in [1.165, 1.54) is 12.1 Å². The molecule has 0 bridgehead atoms. The highest BCUT2D eigenvalue weighted by Crippen LogP contribution is 2.51. The predicted molar refractivity (Wildman–Crippen MR) is 157 cm³/mol. The van der Waals surface area contributed by atoms with Crippen LogP contribution in [0.5, 0.6) is 11.6 Å². The number of rotatable bonds is 9. The molecule has 1 spiro atoms. The van der Waals surface area contributed by atoms with E-state index in [1.807, 2.05) is 32.9 Å². The van der Waals surface area contributed by atoms with Gasteiger partial charge in [0.25, 0.3) is 5.91 Å². The fourth-order valence-electron chi connectivity index (χ4n) is 6.01. The molecule has 3 aromatic heterocycles. The summed E-state index contributed by atoms with van der Waals surface area (Å²) in [4.78, 5) is 24.7. The number of carbonyl (C=O) groups excluding carboxylic acids is 1. The molecule has 43 heavy (non-hydrogen) atoms. The number of H-pyrrole nitrogens is 1. The van der Waals surface area contributed by atoms with E-state index in [1.54, 1.807) is 24.4 Å². The van der Waals surface area contributed by atoms with Crippen molar-refractivity contribution in [2.24, 2.45) is 5.41 Å². The number of pyridine rings is 2. The molecule has 1 aliphatic carbocycles. The fourth-order valence-corrected chi connectivity index (χ4v) is 6.01. The van der Waals surface area contributed by atoms with E-state index in [9.17, 15) is 14.4 Å². The Labute approximate surface area is 248 Å². The molecule has 1 aliphatic heterocycles. The molecule has 4 aromatic rings. The number of aromatic nitrogens is 4. The standard InChI is InChI=1S/C32H32FN7O3/c1-4-42-31-24(6-5-11-35-31)26-8-10-28(29(37-26)30(41)36-16-25-19(2)38-39-20(25)3)43-23-13-32(14-23)17-40(18-32)27-9-7-22(33)12-21(27)15-34/h5-12,23H,4,13-14,16-18H2,1-3H3,(H,36,41)(H,38,39). The summed E-state index contributed by atoms with van der Waals surface area (Å²) in [6.45, 7) is 7.97. The van der Waals surface area contributed by atoms with Gasteiger partial charge in [0.2, 0.25) is 5.88 Å². The number of carbonyl (C=O) groups is 1. The Bertz CT molecular complexity index is 1700. The van der Waals surface area contributed by atoms with Crippen molar-refractivity contribution in [2.75, 3.05) is 24.6 Å². The van der Waals surface area contributed by atoms with Crippen LogP contribution in [0.3, 0.4) is 0 Å². The molecule has 0 radical (unpaired) electrons. The summed E-state index contributed by atoms with van der Waals surface area (Å²) < 4.78 is 25.7. The monoisotopic (exact) mass is 581 g/mol. The van der Waals surface area contributed by atoms with Crippen LogP contribution in [0.2, 0.25) is 0 Å². The first-order valence-corrected chi connectivity index (χ1v) is 14.3. The van der Waals surface area contributed by atoms with Gasteiger partial charge >= 0.3 is 0 Å². The van der Waals surface area contributed by atoms with E-state index in [4.69, 9.17) is 14.5 Å². The smallest absolute Gasteiger partial charge is 0.274 e. The first-order chi connectivity index (χ1) is 20.8. The van der Waals surface area contributed by atoms with Crippen LogP contribution >= 0.6 is 0 Å². The van der Waals surface area contributed by atoms with Crippen molar-refractivity contribution >= 4 is 11.6 Å². The highest BCUT2D eigenvalue weighted by Gasteiger charge is 2.54. The largest absolute Gasteiger partial charge is 0.488 e. The summed E-state index contributed by atoms with van der Waals surface area (Å²) in [5, 5.41) is 19.6. The van der Waals surface area contributed by atoms with Crippen molar-refractivity contribution in [1.29, 1.82) is 5.26 Å². The minimum atomic E-state index is -0.417. The van der Waals surface area contributed by atoms with E-state index in [2.05, 4.69) is 31.5 Å². The van der Waals surface area contributed by atoms with Gasteiger partial charge in [0, 0.05) is 42.5 Å². The number of nitrogens with one attached hydrogen (secondary N) is 2. The molecule has 4 heterocycles. The lowest BCUT2D eigenvalue weighted by Crippen LogP contribution is -2.65. The first kappa shape index (κ1) is 28.2. The first-order valence-electron chi connectivity index (χ1n) is 14.3. The van der Waals surface area contributed by atoms with Crippen molar-refractivity contribution in [3.63, 3.8) is 0 Å². The number of benzene rings is 1. The normalized spacial score (nSPS) is 15.4. The highest BCUT2D eigenvalue weighted by atomic mass is 19.1. The maximum atomic E-state index is 13.6. The van der Waals surface area contributed by atoms with Gasteiger partial charge in [-0.3, -0.25) is 9.89 Å². The van der Waals surface area contributed by atoms with Gasteiger partial charge in [0.1, 0.15) is 18.0 Å². The Balaban J connectivity index is 1.19. The van der Waals surface area contributed by atoms with Gasteiger partial charge in [-0.1, -0.05) is 0 Å². The lowest BCUT2D eigenvalue weighted by molar-refractivity contribution is -0.0344. The Morgan fingerprint density at radius 1 is 1.23 bits per heavy atom. The van der Waals surface area contributed by atoms with Crippen molar-refractivity contribution in [3.05, 3.63) is 82.7 Å². The maximum absolute atomic E-state index is 13.6. The SMILES string of the molecule is CCOc1ncccc1-c1ccc(OC2CC3(C2)CN(c2ccc(F)cc2C#N)C3)c(C(=O)NCc2c(C)n[nH]c2C)n1. The Morgan fingerprint density at radius 3 is 2.77 bits per heavy atom. The molecule has 0 atom stereocenters. The third kappa shape index (κ3) is 5.48. The molecule has 1 aromatic carbocycles. The van der Waals surface area contributed by atoms with Gasteiger partial charge in [-0.05, 0) is 76.1 Å². The lowest BCUT2D eigenvalue weighted by Gasteiger charge is -2.59. The molecular weight excluding hydrogens is 549 g/mol. The van der Waals surface area contributed by atoms with Crippen LogP contribution in [-0.2, 0) is 6.54 Å². The number of hydrogen-bond donors (Lipinski definition) is 2. The zero-order valence-electron chi connectivity index (χ0n) is 24.3. The minimum absolute atomic E-state index is 0.0695. The number of hydrogen-bond acceptors (Lipinski definition) is 8. The van der Waals surface area contributed by atoms with Gasteiger partial charge in [-0.15, -0.1) is 0 Å². The predicted octanol–water partition coefficient (Wildman–Crippen LogP) is 4.87. The number of halogens is 1. The number of anilines is 1. The summed E-state index contributed by atoms with van der Waals surface area (Å²) in [6.07, 6.45) is 3.18. The maximum Gasteiger partial charge on any atom is 0.274 e. The highest BCUT2D eigenvalue weighted by molar-refractivity contribution is 5.95. The molecule has 6 rings (SSSR count). The summed E-state index contributed by atoms with van der Waals surface area (Å²) in [5.41, 5.74) is 5.22. The van der Waals surface area contributed by atoms with E-state index < -0.39 is 5.82 Å². The number of aryl methyl sites for hydroxylation is 2. The van der Waals surface area contributed by atoms with Gasteiger partial charge in [0.15, 0.2) is 11.4 Å². The van der Waals surface area contributed by atoms with E-state index >= 15 is 0 Å². The topological polar surface area (TPSA) is 129 Å². The quantitative estimate of drug-likeness (QED) is 0.287. The van der Waals surface area contributed by atoms with Gasteiger partial charge in [-0.2, -0.15) is 10.4 Å². The average Bonchev–Trinajstić information content (AvgIpc) is 3.29. The zero-order chi connectivity index (χ0) is 30.1. The third-order valence-corrected chi connectivity index (χ3v) is 8.20. The zero-order valence-corrected chi connectivity index (χ0v) is 24.3.